The zero-order valence-corrected chi connectivity index (χ0v) is 21.8. The number of rotatable bonds is 12. The molecule has 0 bridgehead atoms. The van der Waals surface area contributed by atoms with E-state index in [4.69, 9.17) is 11.5 Å². The molecule has 1 saturated heterocycles. The van der Waals surface area contributed by atoms with Crippen molar-refractivity contribution >= 4 is 41.4 Å². The topological polar surface area (TPSA) is 235 Å². The first kappa shape index (κ1) is 31.3. The third-order valence-corrected chi connectivity index (χ3v) is 5.71. The van der Waals surface area contributed by atoms with Gasteiger partial charge >= 0.3 is 0 Å². The first-order valence-electron chi connectivity index (χ1n) is 12.0. The molecule has 0 radical (unpaired) electrons. The van der Waals surface area contributed by atoms with Crippen LogP contribution in [0.3, 0.4) is 0 Å². The Morgan fingerprint density at radius 3 is 1.78 bits per heavy atom. The van der Waals surface area contributed by atoms with E-state index in [0.717, 1.165) is 0 Å². The number of hydrogen-bond acceptors (Lipinski definition) is 8. The lowest BCUT2D eigenvalue weighted by atomic mass is 10.2. The lowest BCUT2D eigenvalue weighted by Crippen LogP contribution is -2.56. The maximum Gasteiger partial charge on any atom is 0.245 e. The highest BCUT2D eigenvalue weighted by Gasteiger charge is 2.35. The summed E-state index contributed by atoms with van der Waals surface area (Å²) >= 11 is 0. The Hall–Kier alpha value is -3.75. The molecule has 15 nitrogen and oxygen atoms in total. The molecule has 1 rings (SSSR count). The Bertz CT molecular complexity index is 909. The lowest BCUT2D eigenvalue weighted by molar-refractivity contribution is -0.140. The van der Waals surface area contributed by atoms with E-state index in [9.17, 15) is 33.6 Å². The van der Waals surface area contributed by atoms with Crippen molar-refractivity contribution in [2.45, 2.75) is 83.7 Å². The van der Waals surface area contributed by atoms with Gasteiger partial charge in [0.25, 0.3) is 0 Å². The van der Waals surface area contributed by atoms with Crippen molar-refractivity contribution in [3.8, 4) is 0 Å². The molecule has 0 aromatic carbocycles. The molecule has 15 heteroatoms. The largest absolute Gasteiger partial charge is 0.368 e. The number of hydrogen-bond donors (Lipinski definition) is 7. The summed E-state index contributed by atoms with van der Waals surface area (Å²) in [6, 6.07) is -5.47. The molecule has 7 amide bonds. The summed E-state index contributed by atoms with van der Waals surface area (Å²) in [6.07, 6.45) is 1.09. The van der Waals surface area contributed by atoms with Gasteiger partial charge in [0.1, 0.15) is 30.2 Å². The number of carbonyl (C=O) groups excluding carboxylic acids is 7. The number of carbonyl (C=O) groups is 7. The van der Waals surface area contributed by atoms with Gasteiger partial charge in [-0.05, 0) is 47.5 Å². The zero-order valence-electron chi connectivity index (χ0n) is 21.8. The van der Waals surface area contributed by atoms with E-state index < -0.39 is 84.1 Å². The van der Waals surface area contributed by atoms with Gasteiger partial charge in [0, 0.05) is 6.54 Å². The molecule has 0 spiro atoms. The molecule has 1 fully saturated rings. The SMILES string of the molecule is C[C@H](NC(=O)CNC(=O)[C@H](C)NC(=O)[C@@H](C)N)C(=O)N[C@@H](C)C(=O)N[C@@H](C)C(=O)N1CCC[C@H]1C(N)=O. The minimum absolute atomic E-state index is 0.358. The summed E-state index contributed by atoms with van der Waals surface area (Å²) in [5, 5.41) is 12.0. The second-order valence-electron chi connectivity index (χ2n) is 9.08. The van der Waals surface area contributed by atoms with E-state index in [-0.39, 0.29) is 0 Å². The van der Waals surface area contributed by atoms with Crippen molar-refractivity contribution < 1.29 is 33.6 Å². The predicted molar refractivity (Wildman–Crippen MR) is 131 cm³/mol. The number of primary amides is 1. The number of nitrogens with one attached hydrogen (secondary N) is 5. The van der Waals surface area contributed by atoms with Crippen molar-refractivity contribution in [1.82, 2.24) is 31.5 Å². The van der Waals surface area contributed by atoms with Crippen molar-refractivity contribution in [3.05, 3.63) is 0 Å². The van der Waals surface area contributed by atoms with Gasteiger partial charge in [-0.1, -0.05) is 0 Å². The molecule has 0 unspecified atom stereocenters. The van der Waals surface area contributed by atoms with E-state index in [0.29, 0.717) is 19.4 Å². The molecule has 0 aliphatic carbocycles. The first-order chi connectivity index (χ1) is 17.1. The van der Waals surface area contributed by atoms with Crippen LogP contribution in [0.5, 0.6) is 0 Å². The number of amides is 7. The average molecular weight is 527 g/mol. The van der Waals surface area contributed by atoms with E-state index >= 15 is 0 Å². The molecule has 37 heavy (non-hydrogen) atoms. The van der Waals surface area contributed by atoms with Crippen LogP contribution in [0.25, 0.3) is 0 Å². The summed E-state index contributed by atoms with van der Waals surface area (Å²) in [6.45, 7) is 7.04. The highest BCUT2D eigenvalue weighted by Crippen LogP contribution is 2.17. The number of nitrogens with zero attached hydrogens (tertiary/aromatic N) is 1. The summed E-state index contributed by atoms with van der Waals surface area (Å²) in [7, 11) is 0. The van der Waals surface area contributed by atoms with Crippen LogP contribution in [-0.4, -0.2) is 95.6 Å². The Morgan fingerprint density at radius 2 is 1.24 bits per heavy atom. The summed E-state index contributed by atoms with van der Waals surface area (Å²) < 4.78 is 0. The van der Waals surface area contributed by atoms with E-state index in [1.54, 1.807) is 0 Å². The van der Waals surface area contributed by atoms with Crippen LogP contribution in [0.4, 0.5) is 0 Å². The fraction of sp³-hybridized carbons (Fsp3) is 0.682. The molecule has 0 aromatic heterocycles. The van der Waals surface area contributed by atoms with Crippen LogP contribution < -0.4 is 38.1 Å². The fourth-order valence-corrected chi connectivity index (χ4v) is 3.47. The van der Waals surface area contributed by atoms with E-state index in [1.165, 1.54) is 39.5 Å². The van der Waals surface area contributed by atoms with Crippen LogP contribution in [-0.2, 0) is 33.6 Å². The fourth-order valence-electron chi connectivity index (χ4n) is 3.47. The molecule has 9 N–H and O–H groups in total. The molecule has 0 saturated carbocycles. The summed E-state index contributed by atoms with van der Waals surface area (Å²) in [5.41, 5.74) is 10.7. The highest BCUT2D eigenvalue weighted by atomic mass is 16.2. The van der Waals surface area contributed by atoms with Crippen LogP contribution in [0.15, 0.2) is 0 Å². The van der Waals surface area contributed by atoms with Gasteiger partial charge in [-0.3, -0.25) is 33.6 Å². The van der Waals surface area contributed by atoms with Crippen LogP contribution in [0.2, 0.25) is 0 Å². The van der Waals surface area contributed by atoms with Gasteiger partial charge in [-0.2, -0.15) is 0 Å². The maximum absolute atomic E-state index is 12.6. The van der Waals surface area contributed by atoms with Gasteiger partial charge in [0.05, 0.1) is 12.6 Å². The number of likely N-dealkylation sites (tertiary alicyclic amines) is 1. The third kappa shape index (κ3) is 9.67. The zero-order chi connectivity index (χ0) is 28.4. The second-order valence-corrected chi connectivity index (χ2v) is 9.08. The van der Waals surface area contributed by atoms with Gasteiger partial charge in [-0.25, -0.2) is 0 Å². The Kier molecular flexibility index (Phi) is 11.9. The summed E-state index contributed by atoms with van der Waals surface area (Å²) in [4.78, 5) is 86.0. The van der Waals surface area contributed by atoms with Crippen molar-refractivity contribution in [1.29, 1.82) is 0 Å². The lowest BCUT2D eigenvalue weighted by Gasteiger charge is -2.27. The monoisotopic (exact) mass is 526 g/mol. The minimum atomic E-state index is -1.05. The quantitative estimate of drug-likeness (QED) is 0.132. The van der Waals surface area contributed by atoms with Crippen LogP contribution >= 0.6 is 0 Å². The van der Waals surface area contributed by atoms with Gasteiger partial charge in [-0.15, -0.1) is 0 Å². The highest BCUT2D eigenvalue weighted by molar-refractivity contribution is 5.96. The molecule has 0 aromatic rings. The predicted octanol–water partition coefficient (Wildman–Crippen LogP) is -4.06. The van der Waals surface area contributed by atoms with Crippen molar-refractivity contribution in [3.63, 3.8) is 0 Å². The molecule has 1 heterocycles. The van der Waals surface area contributed by atoms with Gasteiger partial charge in [0.2, 0.25) is 41.4 Å². The van der Waals surface area contributed by atoms with Gasteiger partial charge in [0.15, 0.2) is 0 Å². The Balaban J connectivity index is 2.48. The molecule has 6 atom stereocenters. The normalized spacial score (nSPS) is 18.9. The first-order valence-corrected chi connectivity index (χ1v) is 12.0. The molecule has 208 valence electrons. The Labute approximate surface area is 215 Å². The van der Waals surface area contributed by atoms with E-state index in [2.05, 4.69) is 26.6 Å². The smallest absolute Gasteiger partial charge is 0.245 e. The minimum Gasteiger partial charge on any atom is -0.368 e. The average Bonchev–Trinajstić information content (AvgIpc) is 3.31. The number of nitrogens with two attached hydrogens (primary N) is 2. The third-order valence-electron chi connectivity index (χ3n) is 5.71. The molecule has 1 aliphatic rings. The van der Waals surface area contributed by atoms with Crippen molar-refractivity contribution in [2.75, 3.05) is 13.1 Å². The van der Waals surface area contributed by atoms with Crippen LogP contribution in [0, 0.1) is 0 Å². The van der Waals surface area contributed by atoms with E-state index in [1.807, 2.05) is 0 Å². The van der Waals surface area contributed by atoms with Crippen molar-refractivity contribution in [2.24, 2.45) is 11.5 Å². The molecule has 1 aliphatic heterocycles. The maximum atomic E-state index is 12.6. The van der Waals surface area contributed by atoms with Crippen LogP contribution in [0.1, 0.15) is 47.5 Å². The molecular weight excluding hydrogens is 488 g/mol. The standard InChI is InChI=1S/C22H38N8O7/c1-10(23)18(33)27-11(2)19(34)25-9-16(31)26-12(3)20(35)28-13(4)21(36)29-14(5)22(37)30-8-6-7-15(30)17(24)32/h10-15H,6-9,23H2,1-5H3,(H2,24,32)(H,25,34)(H,26,31)(H,27,33)(H,28,35)(H,29,36)/t10-,11+,12+,13+,14+,15+/m1/s1. The summed E-state index contributed by atoms with van der Waals surface area (Å²) in [5.74, 6) is -4.20. The second kappa shape index (κ2) is 14.1. The Morgan fingerprint density at radius 1 is 0.757 bits per heavy atom. The molecular formula is C22H38N8O7. The van der Waals surface area contributed by atoms with Gasteiger partial charge < -0.3 is 43.0 Å².